The molecule has 4 nitrogen and oxygen atoms in total. The summed E-state index contributed by atoms with van der Waals surface area (Å²) < 4.78 is 0.941. The lowest BCUT2D eigenvalue weighted by atomic mass is 10.2. The van der Waals surface area contributed by atoms with Gasteiger partial charge in [-0.15, -0.1) is 0 Å². The van der Waals surface area contributed by atoms with Crippen molar-refractivity contribution in [1.82, 2.24) is 9.97 Å². The number of hydrogen-bond acceptors (Lipinski definition) is 4. The number of nitrogens with one attached hydrogen (secondary N) is 1. The van der Waals surface area contributed by atoms with E-state index in [0.717, 1.165) is 15.7 Å². The fourth-order valence-electron chi connectivity index (χ4n) is 1.37. The van der Waals surface area contributed by atoms with Gasteiger partial charge in [0.2, 0.25) is 5.95 Å². The van der Waals surface area contributed by atoms with Gasteiger partial charge >= 0.3 is 0 Å². The van der Waals surface area contributed by atoms with Crippen LogP contribution in [0.15, 0.2) is 28.7 Å². The first-order valence-corrected chi connectivity index (χ1v) is 6.05. The van der Waals surface area contributed by atoms with Crippen LogP contribution in [0, 0.1) is 6.92 Å². The van der Waals surface area contributed by atoms with E-state index in [-0.39, 0.29) is 5.95 Å². The molecule has 88 valence electrons. The molecule has 0 unspecified atom stereocenters. The fourth-order valence-corrected chi connectivity index (χ4v) is 1.91. The molecule has 0 aliphatic heterocycles. The van der Waals surface area contributed by atoms with Crippen LogP contribution in [-0.2, 0) is 0 Å². The highest BCUT2D eigenvalue weighted by Gasteiger charge is 2.04. The molecule has 0 saturated heterocycles. The third kappa shape index (κ3) is 3.08. The van der Waals surface area contributed by atoms with Gasteiger partial charge in [0.25, 0.3) is 0 Å². The zero-order valence-corrected chi connectivity index (χ0v) is 11.4. The summed E-state index contributed by atoms with van der Waals surface area (Å²) in [6, 6.07) is 7.59. The molecule has 3 N–H and O–H groups in total. The first-order chi connectivity index (χ1) is 8.04. The van der Waals surface area contributed by atoms with Crippen LogP contribution in [0.2, 0.25) is 5.15 Å². The van der Waals surface area contributed by atoms with E-state index >= 15 is 0 Å². The zero-order chi connectivity index (χ0) is 12.4. The number of nitrogen functional groups attached to an aromatic ring is 1. The second-order valence-corrected chi connectivity index (χ2v) is 4.78. The van der Waals surface area contributed by atoms with Crippen molar-refractivity contribution in [3.63, 3.8) is 0 Å². The molecule has 0 radical (unpaired) electrons. The van der Waals surface area contributed by atoms with Gasteiger partial charge in [0.05, 0.1) is 5.69 Å². The van der Waals surface area contributed by atoms with Crippen LogP contribution >= 0.6 is 27.5 Å². The van der Waals surface area contributed by atoms with Gasteiger partial charge in [0, 0.05) is 10.5 Å². The summed E-state index contributed by atoms with van der Waals surface area (Å²) in [6.45, 7) is 2.01. The summed E-state index contributed by atoms with van der Waals surface area (Å²) in [5.41, 5.74) is 7.57. The number of benzene rings is 1. The number of aryl methyl sites for hydroxylation is 1. The van der Waals surface area contributed by atoms with Crippen molar-refractivity contribution in [3.05, 3.63) is 39.5 Å². The van der Waals surface area contributed by atoms with Crippen molar-refractivity contribution < 1.29 is 0 Å². The topological polar surface area (TPSA) is 63.8 Å². The molecule has 1 aromatic carbocycles. The highest BCUT2D eigenvalue weighted by molar-refractivity contribution is 9.10. The van der Waals surface area contributed by atoms with Crippen molar-refractivity contribution in [2.24, 2.45) is 0 Å². The van der Waals surface area contributed by atoms with Crippen LogP contribution in [0.1, 0.15) is 5.56 Å². The molecule has 2 rings (SSSR count). The van der Waals surface area contributed by atoms with E-state index in [1.54, 1.807) is 6.07 Å². The van der Waals surface area contributed by atoms with Gasteiger partial charge in [0.15, 0.2) is 0 Å². The summed E-state index contributed by atoms with van der Waals surface area (Å²) in [5.74, 6) is 0.706. The quantitative estimate of drug-likeness (QED) is 0.833. The third-order valence-electron chi connectivity index (χ3n) is 2.10. The largest absolute Gasteiger partial charge is 0.368 e. The van der Waals surface area contributed by atoms with Gasteiger partial charge in [-0.05, 0) is 40.5 Å². The Labute approximate surface area is 112 Å². The Morgan fingerprint density at radius 1 is 1.29 bits per heavy atom. The lowest BCUT2D eigenvalue weighted by Gasteiger charge is -2.09. The number of aromatic nitrogens is 2. The number of rotatable bonds is 2. The van der Waals surface area contributed by atoms with Crippen LogP contribution in [0.4, 0.5) is 17.5 Å². The zero-order valence-electron chi connectivity index (χ0n) is 9.04. The lowest BCUT2D eigenvalue weighted by Crippen LogP contribution is -2.00. The van der Waals surface area contributed by atoms with Gasteiger partial charge < -0.3 is 11.1 Å². The van der Waals surface area contributed by atoms with Crippen molar-refractivity contribution in [2.75, 3.05) is 11.1 Å². The Morgan fingerprint density at radius 3 is 2.76 bits per heavy atom. The number of nitrogens with two attached hydrogens (primary N) is 1. The summed E-state index contributed by atoms with van der Waals surface area (Å²) in [5, 5.41) is 3.44. The molecule has 0 aliphatic rings. The number of anilines is 3. The Bertz CT molecular complexity index is 539. The maximum Gasteiger partial charge on any atom is 0.223 e. The first kappa shape index (κ1) is 12.1. The normalized spacial score (nSPS) is 10.3. The van der Waals surface area contributed by atoms with Crippen molar-refractivity contribution in [1.29, 1.82) is 0 Å². The minimum atomic E-state index is 0.142. The van der Waals surface area contributed by atoms with Gasteiger partial charge in [-0.1, -0.05) is 17.7 Å². The molecule has 0 spiro atoms. The van der Waals surface area contributed by atoms with Gasteiger partial charge in [-0.25, -0.2) is 4.98 Å². The average molecular weight is 314 g/mol. The van der Waals surface area contributed by atoms with Gasteiger partial charge in [-0.3, -0.25) is 0 Å². The van der Waals surface area contributed by atoms with E-state index in [0.29, 0.717) is 11.0 Å². The standard InChI is InChI=1S/C11H10BrClN4/c1-6-2-3-7(12)8(4-6)15-10-5-9(13)16-11(14)17-10/h2-5H,1H3,(H3,14,15,16,17). The van der Waals surface area contributed by atoms with E-state index in [1.807, 2.05) is 25.1 Å². The monoisotopic (exact) mass is 312 g/mol. The Kier molecular flexibility index (Phi) is 3.49. The smallest absolute Gasteiger partial charge is 0.223 e. The molecule has 6 heteroatoms. The molecule has 0 fully saturated rings. The van der Waals surface area contributed by atoms with E-state index < -0.39 is 0 Å². The van der Waals surface area contributed by atoms with Crippen molar-refractivity contribution in [2.45, 2.75) is 6.92 Å². The van der Waals surface area contributed by atoms with E-state index in [1.165, 1.54) is 0 Å². The minimum absolute atomic E-state index is 0.142. The molecule has 1 aromatic heterocycles. The molecule has 17 heavy (non-hydrogen) atoms. The van der Waals surface area contributed by atoms with Crippen LogP contribution in [-0.4, -0.2) is 9.97 Å². The SMILES string of the molecule is Cc1ccc(Br)c(Nc2cc(Cl)nc(N)n2)c1. The Morgan fingerprint density at radius 2 is 2.06 bits per heavy atom. The predicted molar refractivity (Wildman–Crippen MR) is 73.6 cm³/mol. The van der Waals surface area contributed by atoms with E-state index in [2.05, 4.69) is 31.2 Å². The molecule has 0 saturated carbocycles. The van der Waals surface area contributed by atoms with Crippen LogP contribution < -0.4 is 11.1 Å². The molecule has 1 heterocycles. The third-order valence-corrected chi connectivity index (χ3v) is 2.98. The number of halogens is 2. The van der Waals surface area contributed by atoms with E-state index in [4.69, 9.17) is 17.3 Å². The molecule has 0 aliphatic carbocycles. The maximum atomic E-state index is 5.80. The molecule has 0 bridgehead atoms. The van der Waals surface area contributed by atoms with Gasteiger partial charge in [0.1, 0.15) is 11.0 Å². The first-order valence-electron chi connectivity index (χ1n) is 4.88. The molecule has 0 amide bonds. The molecule has 0 atom stereocenters. The Balaban J connectivity index is 2.34. The number of hydrogen-bond donors (Lipinski definition) is 2. The maximum absolute atomic E-state index is 5.80. The lowest BCUT2D eigenvalue weighted by molar-refractivity contribution is 1.18. The summed E-state index contributed by atoms with van der Waals surface area (Å²) >= 11 is 9.26. The highest BCUT2D eigenvalue weighted by atomic mass is 79.9. The fraction of sp³-hybridized carbons (Fsp3) is 0.0909. The summed E-state index contributed by atoms with van der Waals surface area (Å²) in [6.07, 6.45) is 0. The summed E-state index contributed by atoms with van der Waals surface area (Å²) in [7, 11) is 0. The van der Waals surface area contributed by atoms with Crippen LogP contribution in [0.25, 0.3) is 0 Å². The molecular formula is C11H10BrClN4. The minimum Gasteiger partial charge on any atom is -0.368 e. The second-order valence-electron chi connectivity index (χ2n) is 3.54. The molecule has 2 aromatic rings. The summed E-state index contributed by atoms with van der Waals surface area (Å²) in [4.78, 5) is 7.85. The highest BCUT2D eigenvalue weighted by Crippen LogP contribution is 2.26. The van der Waals surface area contributed by atoms with Crippen LogP contribution in [0.3, 0.4) is 0 Å². The van der Waals surface area contributed by atoms with Crippen molar-refractivity contribution >= 4 is 45.0 Å². The Hall–Kier alpha value is -1.33. The van der Waals surface area contributed by atoms with Crippen molar-refractivity contribution in [3.8, 4) is 0 Å². The number of nitrogens with zero attached hydrogens (tertiary/aromatic N) is 2. The predicted octanol–water partition coefficient (Wildman–Crippen LogP) is 3.53. The second kappa shape index (κ2) is 4.89. The van der Waals surface area contributed by atoms with Crippen LogP contribution in [0.5, 0.6) is 0 Å². The molecular weight excluding hydrogens is 304 g/mol. The average Bonchev–Trinajstić information content (AvgIpc) is 2.22. The van der Waals surface area contributed by atoms with Gasteiger partial charge in [-0.2, -0.15) is 4.98 Å². The van der Waals surface area contributed by atoms with E-state index in [9.17, 15) is 0 Å².